The third-order valence-electron chi connectivity index (χ3n) is 3.88. The molecule has 2 atom stereocenters. The van der Waals surface area contributed by atoms with Gasteiger partial charge in [0.05, 0.1) is 23.7 Å². The van der Waals surface area contributed by atoms with Crippen molar-refractivity contribution in [1.82, 2.24) is 4.98 Å². The molecule has 1 aromatic heterocycles. The van der Waals surface area contributed by atoms with E-state index in [0.29, 0.717) is 6.42 Å². The third kappa shape index (κ3) is 3.22. The van der Waals surface area contributed by atoms with Crippen LogP contribution in [0.15, 0.2) is 18.3 Å². The summed E-state index contributed by atoms with van der Waals surface area (Å²) in [5, 5.41) is 9.73. The molecule has 0 saturated carbocycles. The monoisotopic (exact) mass is 248 g/mol. The van der Waals surface area contributed by atoms with Gasteiger partial charge in [-0.05, 0) is 43.7 Å². The molecule has 1 unspecified atom stereocenters. The van der Waals surface area contributed by atoms with Gasteiger partial charge >= 0.3 is 0 Å². The topological polar surface area (TPSA) is 36.4 Å². The highest BCUT2D eigenvalue weighted by molar-refractivity contribution is 5.44. The number of rotatable bonds is 3. The Bertz CT molecular complexity index is 363. The molecule has 3 nitrogen and oxygen atoms in total. The van der Waals surface area contributed by atoms with Gasteiger partial charge in [0, 0.05) is 13.1 Å². The smallest absolute Gasteiger partial charge is 0.0957 e. The molecule has 0 aliphatic carbocycles. The molecule has 1 N–H and O–H groups in total. The maximum absolute atomic E-state index is 9.73. The molecule has 1 aliphatic heterocycles. The summed E-state index contributed by atoms with van der Waals surface area (Å²) in [5.41, 5.74) is 1.97. The van der Waals surface area contributed by atoms with Crippen molar-refractivity contribution in [2.24, 2.45) is 5.92 Å². The molecule has 1 aromatic rings. The first-order chi connectivity index (χ1) is 8.70. The van der Waals surface area contributed by atoms with Crippen LogP contribution in [0, 0.1) is 5.92 Å². The van der Waals surface area contributed by atoms with Gasteiger partial charge in [-0.25, -0.2) is 0 Å². The highest BCUT2D eigenvalue weighted by Gasteiger charge is 2.15. The lowest BCUT2D eigenvalue weighted by Gasteiger charge is -2.22. The summed E-state index contributed by atoms with van der Waals surface area (Å²) in [5.74, 6) is 0.837. The summed E-state index contributed by atoms with van der Waals surface area (Å²) in [6.45, 7) is 6.55. The van der Waals surface area contributed by atoms with Crippen LogP contribution in [0.1, 0.15) is 51.3 Å². The zero-order valence-electron chi connectivity index (χ0n) is 11.5. The van der Waals surface area contributed by atoms with Crippen LogP contribution in [0.5, 0.6) is 0 Å². The lowest BCUT2D eigenvalue weighted by molar-refractivity contribution is 0.169. The highest BCUT2D eigenvalue weighted by atomic mass is 16.3. The van der Waals surface area contributed by atoms with Crippen molar-refractivity contribution in [3.63, 3.8) is 0 Å². The number of aromatic nitrogens is 1. The first-order valence-electron chi connectivity index (χ1n) is 7.09. The van der Waals surface area contributed by atoms with Gasteiger partial charge in [0.2, 0.25) is 0 Å². The minimum atomic E-state index is -0.428. The van der Waals surface area contributed by atoms with Gasteiger partial charge in [-0.1, -0.05) is 13.8 Å². The van der Waals surface area contributed by atoms with Gasteiger partial charge in [-0.2, -0.15) is 0 Å². The van der Waals surface area contributed by atoms with E-state index in [1.54, 1.807) is 0 Å². The van der Waals surface area contributed by atoms with Crippen LogP contribution in [-0.4, -0.2) is 23.2 Å². The van der Waals surface area contributed by atoms with Crippen molar-refractivity contribution < 1.29 is 5.11 Å². The van der Waals surface area contributed by atoms with Gasteiger partial charge in [0.15, 0.2) is 0 Å². The summed E-state index contributed by atoms with van der Waals surface area (Å²) < 4.78 is 0. The number of aliphatic hydroxyl groups is 1. The minimum absolute atomic E-state index is 0.428. The zero-order valence-corrected chi connectivity index (χ0v) is 11.5. The van der Waals surface area contributed by atoms with Crippen LogP contribution in [0.3, 0.4) is 0 Å². The molecule has 0 bridgehead atoms. The fraction of sp³-hybridized carbons (Fsp3) is 0.667. The van der Waals surface area contributed by atoms with Gasteiger partial charge in [-0.15, -0.1) is 0 Å². The number of hydrogen-bond acceptors (Lipinski definition) is 3. The first kappa shape index (κ1) is 13.3. The Morgan fingerprint density at radius 1 is 1.39 bits per heavy atom. The molecule has 2 rings (SSSR count). The van der Waals surface area contributed by atoms with Gasteiger partial charge in [-0.3, -0.25) is 4.98 Å². The molecule has 0 aromatic carbocycles. The normalized spacial score (nSPS) is 22.6. The molecule has 0 amide bonds. The predicted octanol–water partition coefficient (Wildman–Crippen LogP) is 3.15. The SMILES string of the molecule is CC[C@H](O)c1ccc(N2CCCC(C)CC2)cn1. The van der Waals surface area contributed by atoms with Crippen molar-refractivity contribution in [3.8, 4) is 0 Å². The van der Waals surface area contributed by atoms with Crippen LogP contribution in [0.2, 0.25) is 0 Å². The van der Waals surface area contributed by atoms with Crippen molar-refractivity contribution in [1.29, 1.82) is 0 Å². The van der Waals surface area contributed by atoms with Gasteiger partial charge in [0.25, 0.3) is 0 Å². The second-order valence-electron chi connectivity index (χ2n) is 5.39. The highest BCUT2D eigenvalue weighted by Crippen LogP contribution is 2.23. The second-order valence-corrected chi connectivity index (χ2v) is 5.39. The van der Waals surface area contributed by atoms with E-state index in [9.17, 15) is 5.11 Å². The Morgan fingerprint density at radius 3 is 2.89 bits per heavy atom. The lowest BCUT2D eigenvalue weighted by Crippen LogP contribution is -2.24. The van der Waals surface area contributed by atoms with E-state index in [1.165, 1.54) is 24.9 Å². The molecular weight excluding hydrogens is 224 g/mol. The van der Waals surface area contributed by atoms with Crippen molar-refractivity contribution in [2.45, 2.75) is 45.6 Å². The summed E-state index contributed by atoms with van der Waals surface area (Å²) in [6, 6.07) is 4.05. The van der Waals surface area contributed by atoms with Crippen molar-refractivity contribution >= 4 is 5.69 Å². The zero-order chi connectivity index (χ0) is 13.0. The van der Waals surface area contributed by atoms with E-state index < -0.39 is 6.10 Å². The molecule has 1 aliphatic rings. The summed E-state index contributed by atoms with van der Waals surface area (Å²) in [4.78, 5) is 6.80. The molecule has 18 heavy (non-hydrogen) atoms. The van der Waals surface area contributed by atoms with E-state index in [2.05, 4.69) is 22.9 Å². The van der Waals surface area contributed by atoms with Crippen LogP contribution in [-0.2, 0) is 0 Å². The van der Waals surface area contributed by atoms with Gasteiger partial charge in [0.1, 0.15) is 0 Å². The summed E-state index contributed by atoms with van der Waals surface area (Å²) >= 11 is 0. The van der Waals surface area contributed by atoms with E-state index >= 15 is 0 Å². The van der Waals surface area contributed by atoms with Gasteiger partial charge < -0.3 is 10.0 Å². The Hall–Kier alpha value is -1.09. The number of aliphatic hydroxyl groups excluding tert-OH is 1. The van der Waals surface area contributed by atoms with Crippen LogP contribution in [0.4, 0.5) is 5.69 Å². The molecule has 1 saturated heterocycles. The molecule has 100 valence electrons. The van der Waals surface area contributed by atoms with E-state index in [4.69, 9.17) is 0 Å². The molecule has 3 heteroatoms. The first-order valence-corrected chi connectivity index (χ1v) is 7.09. The maximum atomic E-state index is 9.73. The molecule has 0 radical (unpaired) electrons. The maximum Gasteiger partial charge on any atom is 0.0957 e. The number of pyridine rings is 1. The number of hydrogen-bond donors (Lipinski definition) is 1. The Morgan fingerprint density at radius 2 is 2.22 bits per heavy atom. The van der Waals surface area contributed by atoms with Crippen molar-refractivity contribution in [3.05, 3.63) is 24.0 Å². The van der Waals surface area contributed by atoms with E-state index in [-0.39, 0.29) is 0 Å². The van der Waals surface area contributed by atoms with Crippen molar-refractivity contribution in [2.75, 3.05) is 18.0 Å². The average Bonchev–Trinajstić information content (AvgIpc) is 2.63. The third-order valence-corrected chi connectivity index (χ3v) is 3.88. The largest absolute Gasteiger partial charge is 0.387 e. The summed E-state index contributed by atoms with van der Waals surface area (Å²) in [6.07, 6.45) is 6.05. The Kier molecular flexibility index (Phi) is 4.59. The average molecular weight is 248 g/mol. The van der Waals surface area contributed by atoms with Crippen LogP contribution in [0.25, 0.3) is 0 Å². The molecular formula is C15H24N2O. The standard InChI is InChI=1S/C15H24N2O/c1-3-15(18)14-7-6-13(11-16-14)17-9-4-5-12(2)8-10-17/h6-7,11-12,15,18H,3-5,8-10H2,1-2H3/t12?,15-/m0/s1. The minimum Gasteiger partial charge on any atom is -0.387 e. The summed E-state index contributed by atoms with van der Waals surface area (Å²) in [7, 11) is 0. The molecule has 0 spiro atoms. The lowest BCUT2D eigenvalue weighted by atomic mass is 10.0. The fourth-order valence-corrected chi connectivity index (χ4v) is 2.51. The predicted molar refractivity (Wildman–Crippen MR) is 74.7 cm³/mol. The Balaban J connectivity index is 2.04. The molecule has 1 fully saturated rings. The number of anilines is 1. The van der Waals surface area contributed by atoms with E-state index in [0.717, 1.165) is 24.7 Å². The quantitative estimate of drug-likeness (QED) is 0.892. The van der Waals surface area contributed by atoms with Crippen LogP contribution < -0.4 is 4.90 Å². The van der Waals surface area contributed by atoms with E-state index in [1.807, 2.05) is 19.2 Å². The number of nitrogens with zero attached hydrogens (tertiary/aromatic N) is 2. The molecule has 2 heterocycles. The van der Waals surface area contributed by atoms with Crippen LogP contribution >= 0.6 is 0 Å². The second kappa shape index (κ2) is 6.19. The Labute approximate surface area is 110 Å². The fourth-order valence-electron chi connectivity index (χ4n) is 2.51.